The van der Waals surface area contributed by atoms with Gasteiger partial charge >= 0.3 is 6.03 Å². The number of nitrogens with one attached hydrogen (secondary N) is 2. The third-order valence-corrected chi connectivity index (χ3v) is 3.75. The molecule has 2 rings (SSSR count). The number of carbonyl (C=O) groups excluding carboxylic acids is 1. The molecular formula is C14H19N3O4. The molecule has 0 aromatic heterocycles. The van der Waals surface area contributed by atoms with Gasteiger partial charge in [0.2, 0.25) is 0 Å². The summed E-state index contributed by atoms with van der Waals surface area (Å²) < 4.78 is 0. The quantitative estimate of drug-likeness (QED) is 0.572. The average molecular weight is 293 g/mol. The summed E-state index contributed by atoms with van der Waals surface area (Å²) in [6.45, 7) is 0.212. The van der Waals surface area contributed by atoms with Crippen molar-refractivity contribution in [2.75, 3.05) is 11.9 Å². The number of aliphatic hydroxyl groups is 1. The van der Waals surface area contributed by atoms with E-state index in [9.17, 15) is 20.0 Å². The van der Waals surface area contributed by atoms with Crippen molar-refractivity contribution in [1.29, 1.82) is 0 Å². The van der Waals surface area contributed by atoms with Gasteiger partial charge in [0, 0.05) is 24.4 Å². The van der Waals surface area contributed by atoms with Crippen LogP contribution in [0.1, 0.15) is 25.7 Å². The number of nitro groups is 1. The Labute approximate surface area is 122 Å². The van der Waals surface area contributed by atoms with Gasteiger partial charge in [0.05, 0.1) is 11.0 Å². The van der Waals surface area contributed by atoms with E-state index in [2.05, 4.69) is 10.6 Å². The highest BCUT2D eigenvalue weighted by Crippen LogP contribution is 2.27. The molecule has 0 heterocycles. The van der Waals surface area contributed by atoms with Gasteiger partial charge in [-0.15, -0.1) is 0 Å². The molecule has 0 saturated heterocycles. The predicted octanol–water partition coefficient (Wildman–Crippen LogP) is 2.27. The Morgan fingerprint density at radius 2 is 1.95 bits per heavy atom. The summed E-state index contributed by atoms with van der Waals surface area (Å²) in [6.07, 6.45) is 3.77. The number of non-ortho nitro benzene ring substituents is 1. The van der Waals surface area contributed by atoms with Crippen LogP contribution in [0.5, 0.6) is 0 Å². The Hall–Kier alpha value is -2.15. The van der Waals surface area contributed by atoms with Crippen molar-refractivity contribution in [3.8, 4) is 0 Å². The summed E-state index contributed by atoms with van der Waals surface area (Å²) in [4.78, 5) is 21.7. The first-order valence-electron chi connectivity index (χ1n) is 7.03. The number of carbonyl (C=O) groups is 1. The Kier molecular flexibility index (Phi) is 5.10. The maximum atomic E-state index is 11.7. The molecule has 1 aliphatic rings. The Morgan fingerprint density at radius 1 is 1.33 bits per heavy atom. The second-order valence-electron chi connectivity index (χ2n) is 5.25. The van der Waals surface area contributed by atoms with E-state index in [1.807, 2.05) is 0 Å². The van der Waals surface area contributed by atoms with Crippen LogP contribution < -0.4 is 10.6 Å². The van der Waals surface area contributed by atoms with Crippen LogP contribution in [0.25, 0.3) is 0 Å². The van der Waals surface area contributed by atoms with Gasteiger partial charge in [-0.25, -0.2) is 4.79 Å². The summed E-state index contributed by atoms with van der Waals surface area (Å²) >= 11 is 0. The maximum Gasteiger partial charge on any atom is 0.319 e. The van der Waals surface area contributed by atoms with E-state index in [0.29, 0.717) is 5.69 Å². The number of urea groups is 1. The SMILES string of the molecule is O=C(NCC(O)C1CCCC1)Nc1ccc([N+](=O)[O-])cc1. The first-order valence-corrected chi connectivity index (χ1v) is 7.03. The molecule has 0 radical (unpaired) electrons. The molecule has 7 nitrogen and oxygen atoms in total. The molecule has 1 aromatic rings. The van der Waals surface area contributed by atoms with Crippen LogP contribution in [0.2, 0.25) is 0 Å². The molecule has 1 atom stereocenters. The highest BCUT2D eigenvalue weighted by atomic mass is 16.6. The number of hydrogen-bond acceptors (Lipinski definition) is 4. The number of nitro benzene ring substituents is 1. The van der Waals surface area contributed by atoms with Crippen molar-refractivity contribution in [3.05, 3.63) is 34.4 Å². The van der Waals surface area contributed by atoms with Crippen LogP contribution in [0.4, 0.5) is 16.2 Å². The first kappa shape index (κ1) is 15.2. The van der Waals surface area contributed by atoms with Crippen LogP contribution in [0.15, 0.2) is 24.3 Å². The predicted molar refractivity (Wildman–Crippen MR) is 78.1 cm³/mol. The van der Waals surface area contributed by atoms with Crippen LogP contribution in [0, 0.1) is 16.0 Å². The summed E-state index contributed by atoms with van der Waals surface area (Å²) in [7, 11) is 0. The summed E-state index contributed by atoms with van der Waals surface area (Å²) in [5.74, 6) is 0.268. The minimum atomic E-state index is -0.518. The molecule has 2 amide bonds. The number of rotatable bonds is 5. The topological polar surface area (TPSA) is 104 Å². The van der Waals surface area contributed by atoms with Crippen LogP contribution in [-0.4, -0.2) is 28.7 Å². The molecule has 0 aliphatic heterocycles. The normalized spacial score (nSPS) is 16.4. The second kappa shape index (κ2) is 7.03. The summed E-state index contributed by atoms with van der Waals surface area (Å²) in [6, 6.07) is 5.14. The standard InChI is InChI=1S/C14H19N3O4/c18-13(10-3-1-2-4-10)9-15-14(19)16-11-5-7-12(8-6-11)17(20)21/h5-8,10,13,18H,1-4,9H2,(H2,15,16,19). The molecule has 21 heavy (non-hydrogen) atoms. The Balaban J connectivity index is 1.77. The number of benzene rings is 1. The van der Waals surface area contributed by atoms with Crippen molar-refractivity contribution in [1.82, 2.24) is 5.32 Å². The molecule has 114 valence electrons. The van der Waals surface area contributed by atoms with E-state index in [0.717, 1.165) is 25.7 Å². The minimum absolute atomic E-state index is 0.0300. The van der Waals surface area contributed by atoms with Crippen molar-refractivity contribution in [2.24, 2.45) is 5.92 Å². The molecule has 3 N–H and O–H groups in total. The van der Waals surface area contributed by atoms with Gasteiger partial charge in [-0.05, 0) is 30.9 Å². The van der Waals surface area contributed by atoms with Gasteiger partial charge in [-0.2, -0.15) is 0 Å². The monoisotopic (exact) mass is 293 g/mol. The van der Waals surface area contributed by atoms with Gasteiger partial charge in [-0.3, -0.25) is 10.1 Å². The van der Waals surface area contributed by atoms with Gasteiger partial charge in [0.1, 0.15) is 0 Å². The Bertz CT molecular complexity index is 497. The lowest BCUT2D eigenvalue weighted by Crippen LogP contribution is -2.37. The van der Waals surface area contributed by atoms with E-state index in [4.69, 9.17) is 0 Å². The molecule has 0 bridgehead atoms. The van der Waals surface area contributed by atoms with Gasteiger partial charge in [0.25, 0.3) is 5.69 Å². The molecule has 1 saturated carbocycles. The first-order chi connectivity index (χ1) is 10.1. The minimum Gasteiger partial charge on any atom is -0.391 e. The molecule has 1 unspecified atom stereocenters. The van der Waals surface area contributed by atoms with Crippen LogP contribution >= 0.6 is 0 Å². The third kappa shape index (κ3) is 4.42. The summed E-state index contributed by atoms with van der Waals surface area (Å²) in [5, 5.41) is 25.6. The van der Waals surface area contributed by atoms with Crippen molar-refractivity contribution in [2.45, 2.75) is 31.8 Å². The van der Waals surface area contributed by atoms with E-state index < -0.39 is 17.1 Å². The molecule has 1 aromatic carbocycles. The van der Waals surface area contributed by atoms with Gasteiger partial charge in [0.15, 0.2) is 0 Å². The van der Waals surface area contributed by atoms with Gasteiger partial charge < -0.3 is 15.7 Å². The third-order valence-electron chi connectivity index (χ3n) is 3.75. The van der Waals surface area contributed by atoms with Gasteiger partial charge in [-0.1, -0.05) is 12.8 Å². The van der Waals surface area contributed by atoms with E-state index >= 15 is 0 Å². The molecule has 1 fully saturated rings. The van der Waals surface area contributed by atoms with E-state index in [1.165, 1.54) is 24.3 Å². The molecular weight excluding hydrogens is 274 g/mol. The number of nitrogens with zero attached hydrogens (tertiary/aromatic N) is 1. The molecule has 7 heteroatoms. The highest BCUT2D eigenvalue weighted by Gasteiger charge is 2.23. The van der Waals surface area contributed by atoms with Crippen molar-refractivity contribution >= 4 is 17.4 Å². The Morgan fingerprint density at radius 3 is 2.52 bits per heavy atom. The zero-order chi connectivity index (χ0) is 15.2. The number of hydrogen-bond donors (Lipinski definition) is 3. The van der Waals surface area contributed by atoms with Crippen LogP contribution in [-0.2, 0) is 0 Å². The average Bonchev–Trinajstić information content (AvgIpc) is 2.99. The maximum absolute atomic E-state index is 11.7. The lowest BCUT2D eigenvalue weighted by Gasteiger charge is -2.18. The lowest BCUT2D eigenvalue weighted by molar-refractivity contribution is -0.384. The van der Waals surface area contributed by atoms with E-state index in [1.54, 1.807) is 0 Å². The van der Waals surface area contributed by atoms with Crippen molar-refractivity contribution in [3.63, 3.8) is 0 Å². The fourth-order valence-electron chi connectivity index (χ4n) is 2.55. The second-order valence-corrected chi connectivity index (χ2v) is 5.25. The van der Waals surface area contributed by atoms with E-state index in [-0.39, 0.29) is 18.2 Å². The zero-order valence-electron chi connectivity index (χ0n) is 11.6. The fraction of sp³-hybridized carbons (Fsp3) is 0.500. The molecule has 0 spiro atoms. The number of aliphatic hydroxyl groups excluding tert-OH is 1. The smallest absolute Gasteiger partial charge is 0.319 e. The van der Waals surface area contributed by atoms with Crippen molar-refractivity contribution < 1.29 is 14.8 Å². The lowest BCUT2D eigenvalue weighted by atomic mass is 10.0. The highest BCUT2D eigenvalue weighted by molar-refractivity contribution is 5.89. The largest absolute Gasteiger partial charge is 0.391 e. The molecule has 1 aliphatic carbocycles. The number of anilines is 1. The zero-order valence-corrected chi connectivity index (χ0v) is 11.6. The number of amides is 2. The summed E-state index contributed by atoms with van der Waals surface area (Å²) in [5.41, 5.74) is 0.436. The van der Waals surface area contributed by atoms with Crippen LogP contribution in [0.3, 0.4) is 0 Å². The fourth-order valence-corrected chi connectivity index (χ4v) is 2.55.